The van der Waals surface area contributed by atoms with Crippen LogP contribution in [0.5, 0.6) is 11.5 Å². The van der Waals surface area contributed by atoms with Gasteiger partial charge < -0.3 is 9.47 Å². The van der Waals surface area contributed by atoms with Crippen LogP contribution >= 0.6 is 27.5 Å². The molecule has 0 fully saturated rings. The lowest BCUT2D eigenvalue weighted by molar-refractivity contribution is 0.269. The van der Waals surface area contributed by atoms with Crippen LogP contribution in [0.1, 0.15) is 18.1 Å². The SMILES string of the molecule is CCOc1cc(C=NNc2ccccc2)c(Br)cc1OCc1ccccc1Cl. The third-order valence-corrected chi connectivity index (χ3v) is 4.93. The van der Waals surface area contributed by atoms with Gasteiger partial charge in [-0.15, -0.1) is 0 Å². The molecule has 0 saturated carbocycles. The highest BCUT2D eigenvalue weighted by atomic mass is 79.9. The lowest BCUT2D eigenvalue weighted by Gasteiger charge is -2.14. The first-order valence-electron chi connectivity index (χ1n) is 8.84. The summed E-state index contributed by atoms with van der Waals surface area (Å²) < 4.78 is 12.6. The number of benzene rings is 3. The van der Waals surface area contributed by atoms with Gasteiger partial charge in [0.15, 0.2) is 11.5 Å². The van der Waals surface area contributed by atoms with Gasteiger partial charge in [0.1, 0.15) is 6.61 Å². The van der Waals surface area contributed by atoms with Gasteiger partial charge in [0, 0.05) is 20.6 Å². The molecule has 0 aliphatic rings. The lowest BCUT2D eigenvalue weighted by atomic mass is 10.2. The van der Waals surface area contributed by atoms with E-state index in [0.29, 0.717) is 29.7 Å². The summed E-state index contributed by atoms with van der Waals surface area (Å²) in [6, 6.07) is 21.1. The zero-order valence-electron chi connectivity index (χ0n) is 15.4. The maximum absolute atomic E-state index is 6.21. The Bertz CT molecular complexity index is 949. The molecule has 144 valence electrons. The molecule has 0 radical (unpaired) electrons. The van der Waals surface area contributed by atoms with Crippen LogP contribution in [0.4, 0.5) is 5.69 Å². The predicted molar refractivity (Wildman–Crippen MR) is 119 cm³/mol. The molecular formula is C22H20BrClN2O2. The second-order valence-corrected chi connectivity index (χ2v) is 7.13. The number of hydrogen-bond acceptors (Lipinski definition) is 4. The van der Waals surface area contributed by atoms with Crippen molar-refractivity contribution in [3.8, 4) is 11.5 Å². The number of rotatable bonds is 8. The number of ether oxygens (including phenoxy) is 2. The van der Waals surface area contributed by atoms with Crippen LogP contribution in [0.25, 0.3) is 0 Å². The highest BCUT2D eigenvalue weighted by molar-refractivity contribution is 9.10. The minimum absolute atomic E-state index is 0.356. The molecule has 6 heteroatoms. The normalized spacial score (nSPS) is 10.8. The van der Waals surface area contributed by atoms with Gasteiger partial charge in [0.2, 0.25) is 0 Å². The minimum Gasteiger partial charge on any atom is -0.490 e. The zero-order chi connectivity index (χ0) is 19.8. The molecule has 4 nitrogen and oxygen atoms in total. The van der Waals surface area contributed by atoms with Gasteiger partial charge in [-0.1, -0.05) is 48.0 Å². The minimum atomic E-state index is 0.356. The van der Waals surface area contributed by atoms with E-state index in [2.05, 4.69) is 26.5 Å². The molecule has 0 aliphatic heterocycles. The number of halogens is 2. The fourth-order valence-corrected chi connectivity index (χ4v) is 3.11. The molecule has 0 bridgehead atoms. The van der Waals surface area contributed by atoms with E-state index in [-0.39, 0.29) is 0 Å². The zero-order valence-corrected chi connectivity index (χ0v) is 17.7. The van der Waals surface area contributed by atoms with Crippen LogP contribution in [-0.4, -0.2) is 12.8 Å². The molecule has 0 aromatic heterocycles. The van der Waals surface area contributed by atoms with Crippen molar-refractivity contribution in [3.05, 3.63) is 87.4 Å². The van der Waals surface area contributed by atoms with E-state index in [1.165, 1.54) is 0 Å². The Morgan fingerprint density at radius 2 is 1.71 bits per heavy atom. The number of hydrogen-bond donors (Lipinski definition) is 1. The van der Waals surface area contributed by atoms with Crippen molar-refractivity contribution >= 4 is 39.4 Å². The molecule has 3 aromatic carbocycles. The topological polar surface area (TPSA) is 42.8 Å². The van der Waals surface area contributed by atoms with Crippen molar-refractivity contribution in [2.24, 2.45) is 5.10 Å². The van der Waals surface area contributed by atoms with Crippen molar-refractivity contribution in [3.63, 3.8) is 0 Å². The molecule has 0 heterocycles. The van der Waals surface area contributed by atoms with E-state index < -0.39 is 0 Å². The summed E-state index contributed by atoms with van der Waals surface area (Å²) >= 11 is 9.79. The van der Waals surface area contributed by atoms with E-state index in [0.717, 1.165) is 21.3 Å². The number of para-hydroxylation sites is 1. The molecule has 0 spiro atoms. The largest absolute Gasteiger partial charge is 0.490 e. The average Bonchev–Trinajstić information content (AvgIpc) is 2.71. The van der Waals surface area contributed by atoms with Crippen LogP contribution in [0.15, 0.2) is 76.3 Å². The van der Waals surface area contributed by atoms with Crippen molar-refractivity contribution in [1.29, 1.82) is 0 Å². The second-order valence-electron chi connectivity index (χ2n) is 5.87. The lowest BCUT2D eigenvalue weighted by Crippen LogP contribution is -2.02. The third kappa shape index (κ3) is 5.50. The van der Waals surface area contributed by atoms with Crippen LogP contribution in [0, 0.1) is 0 Å². The predicted octanol–water partition coefficient (Wildman–Crippen LogP) is 6.53. The molecule has 0 unspecified atom stereocenters. The molecule has 3 aromatic rings. The molecular weight excluding hydrogens is 440 g/mol. The summed E-state index contributed by atoms with van der Waals surface area (Å²) in [6.45, 7) is 2.82. The third-order valence-electron chi connectivity index (χ3n) is 3.87. The quantitative estimate of drug-likeness (QED) is 0.308. The Labute approximate surface area is 178 Å². The summed E-state index contributed by atoms with van der Waals surface area (Å²) in [4.78, 5) is 0. The summed E-state index contributed by atoms with van der Waals surface area (Å²) in [6.07, 6.45) is 1.73. The van der Waals surface area contributed by atoms with E-state index in [1.807, 2.05) is 73.7 Å². The summed E-state index contributed by atoms with van der Waals surface area (Å²) in [7, 11) is 0. The van der Waals surface area contributed by atoms with Crippen molar-refractivity contribution in [1.82, 2.24) is 0 Å². The monoisotopic (exact) mass is 458 g/mol. The van der Waals surface area contributed by atoms with Gasteiger partial charge in [-0.05, 0) is 53.2 Å². The number of hydrazone groups is 1. The first kappa shape index (κ1) is 20.2. The second kappa shape index (κ2) is 10.2. The molecule has 3 rings (SSSR count). The number of nitrogens with one attached hydrogen (secondary N) is 1. The summed E-state index contributed by atoms with van der Waals surface area (Å²) in [5.74, 6) is 1.29. The Morgan fingerprint density at radius 1 is 1.00 bits per heavy atom. The van der Waals surface area contributed by atoms with Crippen LogP contribution in [0.3, 0.4) is 0 Å². The Morgan fingerprint density at radius 3 is 2.46 bits per heavy atom. The standard InChI is InChI=1S/C22H20BrClN2O2/c1-2-27-21-12-17(14-25-26-18-9-4-3-5-10-18)19(23)13-22(21)28-15-16-8-6-7-11-20(16)24/h3-14,26H,2,15H2,1H3. The summed E-state index contributed by atoms with van der Waals surface area (Å²) in [5, 5.41) is 4.97. The first-order chi connectivity index (χ1) is 13.7. The molecule has 1 N–H and O–H groups in total. The maximum Gasteiger partial charge on any atom is 0.162 e. The molecule has 0 amide bonds. The molecule has 0 atom stereocenters. The fourth-order valence-electron chi connectivity index (χ4n) is 2.49. The van der Waals surface area contributed by atoms with Gasteiger partial charge in [0.05, 0.1) is 18.5 Å². The average molecular weight is 460 g/mol. The molecule has 28 heavy (non-hydrogen) atoms. The van der Waals surface area contributed by atoms with E-state index in [9.17, 15) is 0 Å². The fraction of sp³-hybridized carbons (Fsp3) is 0.136. The Balaban J connectivity index is 1.76. The van der Waals surface area contributed by atoms with E-state index >= 15 is 0 Å². The van der Waals surface area contributed by atoms with Crippen LogP contribution < -0.4 is 14.9 Å². The number of nitrogens with zero attached hydrogens (tertiary/aromatic N) is 1. The van der Waals surface area contributed by atoms with Gasteiger partial charge in [-0.3, -0.25) is 5.43 Å². The van der Waals surface area contributed by atoms with E-state index in [1.54, 1.807) is 6.21 Å². The molecule has 0 aliphatic carbocycles. The first-order valence-corrected chi connectivity index (χ1v) is 10.0. The van der Waals surface area contributed by atoms with Crippen LogP contribution in [0.2, 0.25) is 5.02 Å². The van der Waals surface area contributed by atoms with Gasteiger partial charge in [0.25, 0.3) is 0 Å². The van der Waals surface area contributed by atoms with Gasteiger partial charge >= 0.3 is 0 Å². The van der Waals surface area contributed by atoms with Crippen molar-refractivity contribution in [2.75, 3.05) is 12.0 Å². The maximum atomic E-state index is 6.21. The highest BCUT2D eigenvalue weighted by Gasteiger charge is 2.11. The smallest absolute Gasteiger partial charge is 0.162 e. The highest BCUT2D eigenvalue weighted by Crippen LogP contribution is 2.34. The summed E-state index contributed by atoms with van der Waals surface area (Å²) in [5.41, 5.74) is 5.71. The molecule has 0 saturated heterocycles. The van der Waals surface area contributed by atoms with Gasteiger partial charge in [-0.25, -0.2) is 0 Å². The Kier molecular flexibility index (Phi) is 7.34. The van der Waals surface area contributed by atoms with Crippen molar-refractivity contribution < 1.29 is 9.47 Å². The Hall–Kier alpha value is -2.50. The van der Waals surface area contributed by atoms with Crippen molar-refractivity contribution in [2.45, 2.75) is 13.5 Å². The van der Waals surface area contributed by atoms with E-state index in [4.69, 9.17) is 21.1 Å². The number of anilines is 1. The van der Waals surface area contributed by atoms with Gasteiger partial charge in [-0.2, -0.15) is 5.10 Å². The van der Waals surface area contributed by atoms with Crippen LogP contribution in [-0.2, 0) is 6.61 Å².